The normalized spacial score (nSPS) is 11.6. The van der Waals surface area contributed by atoms with E-state index in [0.29, 0.717) is 28.5 Å². The molecule has 0 spiro atoms. The number of aliphatic carboxylic acids is 1. The smallest absolute Gasteiger partial charge is 0.305 e. The van der Waals surface area contributed by atoms with Crippen LogP contribution in [-0.2, 0) is 4.79 Å². The number of halogens is 1. The first-order valence-electron chi connectivity index (χ1n) is 8.00. The van der Waals surface area contributed by atoms with E-state index < -0.39 is 12.0 Å². The summed E-state index contributed by atoms with van der Waals surface area (Å²) in [5, 5.41) is 12.3. The average molecular weight is 362 g/mol. The summed E-state index contributed by atoms with van der Waals surface area (Å²) >= 11 is 5.90. The minimum atomic E-state index is -0.997. The second-order valence-electron chi connectivity index (χ2n) is 5.55. The molecule has 0 fully saturated rings. The first kappa shape index (κ1) is 18.8. The highest BCUT2D eigenvalue weighted by Crippen LogP contribution is 2.22. The summed E-state index contributed by atoms with van der Waals surface area (Å²) in [5.74, 6) is -0.663. The van der Waals surface area contributed by atoms with Crippen molar-refractivity contribution in [3.05, 3.63) is 64.7 Å². The van der Waals surface area contributed by atoms with Crippen molar-refractivity contribution in [3.8, 4) is 5.75 Å². The number of rotatable bonds is 8. The van der Waals surface area contributed by atoms with Gasteiger partial charge in [0.15, 0.2) is 0 Å². The Morgan fingerprint density at radius 1 is 1.20 bits per heavy atom. The molecule has 6 heteroatoms. The van der Waals surface area contributed by atoms with Crippen molar-refractivity contribution in [2.24, 2.45) is 0 Å². The number of nitrogens with one attached hydrogen (secondary N) is 1. The molecule has 0 aliphatic heterocycles. The number of carbonyl (C=O) groups excluding carboxylic acids is 1. The third-order valence-electron chi connectivity index (χ3n) is 3.53. The highest BCUT2D eigenvalue weighted by atomic mass is 35.5. The van der Waals surface area contributed by atoms with Gasteiger partial charge in [0.1, 0.15) is 5.75 Å². The SMILES string of the molecule is CCCOc1ccc([C@H](CC(=O)O)NC(=O)c2cccc(Cl)c2)cc1. The van der Waals surface area contributed by atoms with Crippen LogP contribution < -0.4 is 10.1 Å². The van der Waals surface area contributed by atoms with Crippen molar-refractivity contribution in [2.45, 2.75) is 25.8 Å². The van der Waals surface area contributed by atoms with Crippen molar-refractivity contribution in [1.29, 1.82) is 0 Å². The van der Waals surface area contributed by atoms with Gasteiger partial charge in [-0.25, -0.2) is 0 Å². The Hall–Kier alpha value is -2.53. The number of hydrogen-bond acceptors (Lipinski definition) is 3. The lowest BCUT2D eigenvalue weighted by Gasteiger charge is -2.18. The molecule has 2 rings (SSSR count). The van der Waals surface area contributed by atoms with E-state index in [0.717, 1.165) is 6.42 Å². The number of benzene rings is 2. The molecule has 25 heavy (non-hydrogen) atoms. The lowest BCUT2D eigenvalue weighted by molar-refractivity contribution is -0.137. The van der Waals surface area contributed by atoms with Gasteiger partial charge in [-0.15, -0.1) is 0 Å². The average Bonchev–Trinajstić information content (AvgIpc) is 2.59. The minimum Gasteiger partial charge on any atom is -0.494 e. The molecule has 2 aromatic rings. The van der Waals surface area contributed by atoms with Gasteiger partial charge in [-0.1, -0.05) is 36.7 Å². The third kappa shape index (κ3) is 5.80. The van der Waals surface area contributed by atoms with Crippen LogP contribution in [0.4, 0.5) is 0 Å². The van der Waals surface area contributed by atoms with Crippen molar-refractivity contribution < 1.29 is 19.4 Å². The summed E-state index contributed by atoms with van der Waals surface area (Å²) in [7, 11) is 0. The second-order valence-corrected chi connectivity index (χ2v) is 5.99. The van der Waals surface area contributed by atoms with E-state index in [1.54, 1.807) is 42.5 Å². The van der Waals surface area contributed by atoms with Crippen LogP contribution in [0.2, 0.25) is 5.02 Å². The van der Waals surface area contributed by atoms with E-state index in [4.69, 9.17) is 21.4 Å². The molecule has 0 unspecified atom stereocenters. The Bertz CT molecular complexity index is 730. The number of hydrogen-bond donors (Lipinski definition) is 2. The first-order chi connectivity index (χ1) is 12.0. The quantitative estimate of drug-likeness (QED) is 0.743. The fourth-order valence-electron chi connectivity index (χ4n) is 2.31. The Kier molecular flexibility index (Phi) is 6.83. The van der Waals surface area contributed by atoms with Crippen molar-refractivity contribution >= 4 is 23.5 Å². The molecule has 2 N–H and O–H groups in total. The van der Waals surface area contributed by atoms with Crippen LogP contribution in [0.3, 0.4) is 0 Å². The number of ether oxygens (including phenoxy) is 1. The third-order valence-corrected chi connectivity index (χ3v) is 3.76. The largest absolute Gasteiger partial charge is 0.494 e. The van der Waals surface area contributed by atoms with Gasteiger partial charge in [-0.3, -0.25) is 9.59 Å². The molecule has 2 aromatic carbocycles. The Morgan fingerprint density at radius 2 is 1.92 bits per heavy atom. The molecule has 0 aliphatic carbocycles. The Labute approximate surface area is 151 Å². The zero-order valence-electron chi connectivity index (χ0n) is 13.9. The fraction of sp³-hybridized carbons (Fsp3) is 0.263. The Balaban J connectivity index is 2.15. The summed E-state index contributed by atoms with van der Waals surface area (Å²) in [6.45, 7) is 2.63. The van der Waals surface area contributed by atoms with Gasteiger partial charge in [0.2, 0.25) is 0 Å². The zero-order chi connectivity index (χ0) is 18.2. The number of carboxylic acid groups (broad SMARTS) is 1. The van der Waals surface area contributed by atoms with Crippen molar-refractivity contribution in [1.82, 2.24) is 5.32 Å². The second kappa shape index (κ2) is 9.08. The first-order valence-corrected chi connectivity index (χ1v) is 8.38. The van der Waals surface area contributed by atoms with Crippen LogP contribution in [0.25, 0.3) is 0 Å². The van der Waals surface area contributed by atoms with Gasteiger partial charge in [0, 0.05) is 10.6 Å². The standard InChI is InChI=1S/C19H20ClNO4/c1-2-10-25-16-8-6-13(7-9-16)17(12-18(22)23)21-19(24)14-4-3-5-15(20)11-14/h3-9,11,17H,2,10,12H2,1H3,(H,21,24)(H,22,23)/t17-/m0/s1. The molecule has 132 valence electrons. The van der Waals surface area contributed by atoms with Gasteiger partial charge >= 0.3 is 5.97 Å². The molecule has 0 radical (unpaired) electrons. The summed E-state index contributed by atoms with van der Waals surface area (Å²) in [6, 6.07) is 12.9. The molecule has 1 amide bonds. The molecule has 5 nitrogen and oxygen atoms in total. The number of amides is 1. The summed E-state index contributed by atoms with van der Waals surface area (Å²) < 4.78 is 5.52. The van der Waals surface area contributed by atoms with E-state index in [2.05, 4.69) is 5.32 Å². The molecule has 1 atom stereocenters. The van der Waals surface area contributed by atoms with E-state index in [1.165, 1.54) is 6.07 Å². The van der Waals surface area contributed by atoms with E-state index in [-0.39, 0.29) is 12.3 Å². The highest BCUT2D eigenvalue weighted by Gasteiger charge is 2.19. The van der Waals surface area contributed by atoms with Crippen LogP contribution in [0, 0.1) is 0 Å². The minimum absolute atomic E-state index is 0.221. The zero-order valence-corrected chi connectivity index (χ0v) is 14.6. The van der Waals surface area contributed by atoms with Crippen molar-refractivity contribution in [3.63, 3.8) is 0 Å². The predicted octanol–water partition coefficient (Wildman–Crippen LogP) is 4.07. The van der Waals surface area contributed by atoms with Crippen LogP contribution in [-0.4, -0.2) is 23.6 Å². The lowest BCUT2D eigenvalue weighted by atomic mass is 10.0. The molecule has 0 saturated carbocycles. The number of carbonyl (C=O) groups is 2. The van der Waals surface area contributed by atoms with Gasteiger partial charge in [0.05, 0.1) is 19.1 Å². The van der Waals surface area contributed by atoms with Gasteiger partial charge in [-0.05, 0) is 42.3 Å². The monoisotopic (exact) mass is 361 g/mol. The molecule has 0 aliphatic rings. The maximum Gasteiger partial charge on any atom is 0.305 e. The predicted molar refractivity (Wildman–Crippen MR) is 96.1 cm³/mol. The molecule has 0 aromatic heterocycles. The van der Waals surface area contributed by atoms with Crippen LogP contribution in [0.5, 0.6) is 5.75 Å². The molecular weight excluding hydrogens is 342 g/mol. The lowest BCUT2D eigenvalue weighted by Crippen LogP contribution is -2.30. The molecular formula is C19H20ClNO4. The van der Waals surface area contributed by atoms with Crippen LogP contribution >= 0.6 is 11.6 Å². The topological polar surface area (TPSA) is 75.6 Å². The number of carboxylic acids is 1. The van der Waals surface area contributed by atoms with E-state index >= 15 is 0 Å². The van der Waals surface area contributed by atoms with Crippen molar-refractivity contribution in [2.75, 3.05) is 6.61 Å². The molecule has 0 saturated heterocycles. The Morgan fingerprint density at radius 3 is 2.52 bits per heavy atom. The summed E-state index contributed by atoms with van der Waals surface area (Å²) in [6.07, 6.45) is 0.681. The summed E-state index contributed by atoms with van der Waals surface area (Å²) in [4.78, 5) is 23.5. The van der Waals surface area contributed by atoms with Gasteiger partial charge in [0.25, 0.3) is 5.91 Å². The van der Waals surface area contributed by atoms with Gasteiger partial charge in [-0.2, -0.15) is 0 Å². The van der Waals surface area contributed by atoms with E-state index in [1.807, 2.05) is 6.92 Å². The molecule has 0 heterocycles. The van der Waals surface area contributed by atoms with Gasteiger partial charge < -0.3 is 15.2 Å². The summed E-state index contributed by atoms with van der Waals surface area (Å²) in [5.41, 5.74) is 1.08. The van der Waals surface area contributed by atoms with Crippen LogP contribution in [0.1, 0.15) is 41.7 Å². The van der Waals surface area contributed by atoms with E-state index in [9.17, 15) is 9.59 Å². The maximum atomic E-state index is 12.4. The maximum absolute atomic E-state index is 12.4. The highest BCUT2D eigenvalue weighted by molar-refractivity contribution is 6.30. The fourth-order valence-corrected chi connectivity index (χ4v) is 2.50. The van der Waals surface area contributed by atoms with Crippen LogP contribution in [0.15, 0.2) is 48.5 Å². The molecule has 0 bridgehead atoms.